The number of nitrogens with zero attached hydrogens (tertiary/aromatic N) is 1. The van der Waals surface area contributed by atoms with Crippen molar-refractivity contribution in [2.45, 2.75) is 23.3 Å². The second-order valence-corrected chi connectivity index (χ2v) is 10.6. The lowest BCUT2D eigenvalue weighted by Crippen LogP contribution is -2.11. The smallest absolute Gasteiger partial charge is 0.177 e. The van der Waals surface area contributed by atoms with Crippen LogP contribution in [0.3, 0.4) is 0 Å². The quantitative estimate of drug-likeness (QED) is 0.808. The number of sulfone groups is 2. The molecule has 0 aliphatic carbocycles. The van der Waals surface area contributed by atoms with Gasteiger partial charge in [0.25, 0.3) is 0 Å². The van der Waals surface area contributed by atoms with E-state index in [0.717, 1.165) is 29.3 Å². The van der Waals surface area contributed by atoms with E-state index in [4.69, 9.17) is 0 Å². The molecule has 0 bridgehead atoms. The first-order chi connectivity index (χ1) is 11.9. The number of rotatable bonds is 6. The van der Waals surface area contributed by atoms with Gasteiger partial charge in [-0.1, -0.05) is 6.07 Å². The Labute approximate surface area is 155 Å². The second-order valence-electron chi connectivity index (χ2n) is 6.56. The fourth-order valence-corrected chi connectivity index (χ4v) is 4.14. The molecule has 0 spiro atoms. The van der Waals surface area contributed by atoms with Gasteiger partial charge in [-0.3, -0.25) is 0 Å². The van der Waals surface area contributed by atoms with Crippen molar-refractivity contribution in [3.05, 3.63) is 47.5 Å². The van der Waals surface area contributed by atoms with Crippen LogP contribution in [-0.4, -0.2) is 43.4 Å². The van der Waals surface area contributed by atoms with Crippen molar-refractivity contribution in [3.8, 4) is 0 Å². The molecule has 0 saturated heterocycles. The summed E-state index contributed by atoms with van der Waals surface area (Å²) in [6.45, 7) is 2.43. The van der Waals surface area contributed by atoms with Gasteiger partial charge in [-0.25, -0.2) is 16.8 Å². The van der Waals surface area contributed by atoms with Crippen molar-refractivity contribution >= 4 is 31.0 Å². The maximum atomic E-state index is 12.1. The first-order valence-electron chi connectivity index (χ1n) is 7.94. The number of nitrogens with one attached hydrogen (secondary N) is 1. The highest BCUT2D eigenvalue weighted by Gasteiger charge is 2.18. The number of anilines is 2. The lowest BCUT2D eigenvalue weighted by atomic mass is 10.1. The molecule has 1 N–H and O–H groups in total. The molecule has 0 atom stereocenters. The minimum atomic E-state index is -3.58. The zero-order valence-electron chi connectivity index (χ0n) is 15.6. The van der Waals surface area contributed by atoms with Gasteiger partial charge in [0, 0.05) is 38.8 Å². The van der Waals surface area contributed by atoms with Gasteiger partial charge in [-0.15, -0.1) is 0 Å². The summed E-state index contributed by atoms with van der Waals surface area (Å²) in [7, 11) is -3.13. The first-order valence-corrected chi connectivity index (χ1v) is 11.7. The molecule has 8 heteroatoms. The van der Waals surface area contributed by atoms with Gasteiger partial charge in [-0.05, 0) is 48.4 Å². The lowest BCUT2D eigenvalue weighted by molar-refractivity contribution is 0.600. The summed E-state index contributed by atoms with van der Waals surface area (Å²) in [5.41, 5.74) is 3.58. The van der Waals surface area contributed by atoms with Gasteiger partial charge < -0.3 is 10.2 Å². The summed E-state index contributed by atoms with van der Waals surface area (Å²) in [4.78, 5) is 1.97. The van der Waals surface area contributed by atoms with Crippen molar-refractivity contribution < 1.29 is 16.8 Å². The number of benzene rings is 2. The van der Waals surface area contributed by atoms with Gasteiger partial charge in [-0.2, -0.15) is 0 Å². The predicted octanol–water partition coefficient (Wildman–Crippen LogP) is 2.48. The Bertz CT molecular complexity index is 1030. The molecule has 0 aliphatic rings. The largest absolute Gasteiger partial charge is 0.380 e. The van der Waals surface area contributed by atoms with Crippen molar-refractivity contribution in [3.63, 3.8) is 0 Å². The molecule has 0 saturated carbocycles. The molecule has 6 nitrogen and oxygen atoms in total. The molecule has 0 heterocycles. The monoisotopic (exact) mass is 396 g/mol. The minimum Gasteiger partial charge on any atom is -0.380 e. The highest BCUT2D eigenvalue weighted by atomic mass is 32.2. The molecule has 0 aliphatic heterocycles. The van der Waals surface area contributed by atoms with Gasteiger partial charge in [0.2, 0.25) is 0 Å². The average molecular weight is 397 g/mol. The van der Waals surface area contributed by atoms with Crippen LogP contribution in [0.25, 0.3) is 0 Å². The molecule has 0 amide bonds. The maximum Gasteiger partial charge on any atom is 0.177 e. The van der Waals surface area contributed by atoms with E-state index in [9.17, 15) is 16.8 Å². The third kappa shape index (κ3) is 4.76. The normalized spacial score (nSPS) is 12.0. The van der Waals surface area contributed by atoms with Crippen LogP contribution in [0, 0.1) is 6.92 Å². The molecular formula is C18H24N2O4S2. The van der Waals surface area contributed by atoms with Crippen LogP contribution in [-0.2, 0) is 26.2 Å². The second kappa shape index (κ2) is 7.28. The fourth-order valence-electron chi connectivity index (χ4n) is 2.53. The van der Waals surface area contributed by atoms with E-state index in [2.05, 4.69) is 11.4 Å². The molecule has 26 heavy (non-hydrogen) atoms. The third-order valence-electron chi connectivity index (χ3n) is 4.09. The predicted molar refractivity (Wildman–Crippen MR) is 105 cm³/mol. The molecule has 142 valence electrons. The van der Waals surface area contributed by atoms with Gasteiger partial charge >= 0.3 is 0 Å². The molecule has 0 aromatic heterocycles. The van der Waals surface area contributed by atoms with Crippen LogP contribution in [0.15, 0.2) is 46.2 Å². The Kier molecular flexibility index (Phi) is 5.67. The van der Waals surface area contributed by atoms with E-state index < -0.39 is 19.7 Å². The first kappa shape index (κ1) is 20.3. The van der Waals surface area contributed by atoms with Crippen molar-refractivity contribution in [1.29, 1.82) is 0 Å². The Morgan fingerprint density at radius 2 is 1.58 bits per heavy atom. The van der Waals surface area contributed by atoms with Crippen LogP contribution < -0.4 is 10.2 Å². The molecule has 0 unspecified atom stereocenters. The Balaban J connectivity index is 2.35. The summed E-state index contributed by atoms with van der Waals surface area (Å²) < 4.78 is 47.6. The molecule has 2 aromatic rings. The van der Waals surface area contributed by atoms with E-state index >= 15 is 0 Å². The van der Waals surface area contributed by atoms with Crippen LogP contribution in [0.5, 0.6) is 0 Å². The Hall–Kier alpha value is -2.06. The highest BCUT2D eigenvalue weighted by molar-refractivity contribution is 7.91. The van der Waals surface area contributed by atoms with E-state index in [0.29, 0.717) is 12.2 Å². The zero-order valence-corrected chi connectivity index (χ0v) is 17.2. The molecule has 0 fully saturated rings. The summed E-state index contributed by atoms with van der Waals surface area (Å²) in [6, 6.07) is 10.2. The summed E-state index contributed by atoms with van der Waals surface area (Å²) in [5, 5.41) is 3.12. The summed E-state index contributed by atoms with van der Waals surface area (Å²) in [6.07, 6.45) is 2.12. The molecular weight excluding hydrogens is 372 g/mol. The Morgan fingerprint density at radius 1 is 0.923 bits per heavy atom. The lowest BCUT2D eigenvalue weighted by Gasteiger charge is -2.17. The van der Waals surface area contributed by atoms with Gasteiger partial charge in [0.15, 0.2) is 19.7 Å². The third-order valence-corrected chi connectivity index (χ3v) is 6.34. The van der Waals surface area contributed by atoms with Crippen LogP contribution in [0.1, 0.15) is 11.1 Å². The maximum absolute atomic E-state index is 12.1. The average Bonchev–Trinajstić information content (AvgIpc) is 2.51. The van der Waals surface area contributed by atoms with E-state index in [-0.39, 0.29) is 9.79 Å². The van der Waals surface area contributed by atoms with Crippen LogP contribution >= 0.6 is 0 Å². The van der Waals surface area contributed by atoms with Crippen LogP contribution in [0.2, 0.25) is 0 Å². The molecule has 2 rings (SSSR count). The van der Waals surface area contributed by atoms with E-state index in [1.165, 1.54) is 18.2 Å². The number of aryl methyl sites for hydroxylation is 1. The zero-order chi connectivity index (χ0) is 19.7. The van der Waals surface area contributed by atoms with E-state index in [1.54, 1.807) is 0 Å². The van der Waals surface area contributed by atoms with Crippen LogP contribution in [0.4, 0.5) is 11.4 Å². The standard InChI is InChI=1S/C18H24N2O4S2/c1-13-10-15(20(2)3)7-6-14(13)12-19-17-9-8-16(25(4,21)22)11-18(17)26(5,23)24/h6-11,19H,12H2,1-5H3. The minimum absolute atomic E-state index is 0.0185. The highest BCUT2D eigenvalue weighted by Crippen LogP contribution is 2.26. The topological polar surface area (TPSA) is 83.6 Å². The number of hydrogen-bond donors (Lipinski definition) is 1. The van der Waals surface area contributed by atoms with Crippen molar-refractivity contribution in [2.75, 3.05) is 36.8 Å². The summed E-state index contributed by atoms with van der Waals surface area (Å²) in [5.74, 6) is 0. The molecule has 0 radical (unpaired) electrons. The molecule has 2 aromatic carbocycles. The van der Waals surface area contributed by atoms with Gasteiger partial charge in [0.05, 0.1) is 15.5 Å². The van der Waals surface area contributed by atoms with Crippen molar-refractivity contribution in [1.82, 2.24) is 0 Å². The van der Waals surface area contributed by atoms with E-state index in [1.807, 2.05) is 38.1 Å². The van der Waals surface area contributed by atoms with Gasteiger partial charge in [0.1, 0.15) is 0 Å². The SMILES string of the molecule is Cc1cc(N(C)C)ccc1CNc1ccc(S(C)(=O)=O)cc1S(C)(=O)=O. The fraction of sp³-hybridized carbons (Fsp3) is 0.333. The van der Waals surface area contributed by atoms with Crippen molar-refractivity contribution in [2.24, 2.45) is 0 Å². The Morgan fingerprint density at radius 3 is 2.08 bits per heavy atom. The summed E-state index contributed by atoms with van der Waals surface area (Å²) >= 11 is 0. The number of hydrogen-bond acceptors (Lipinski definition) is 6.